The number of nitrogens with two attached hydrogens (primary N) is 1. The molecular formula is C33H31N5O3. The Morgan fingerprint density at radius 3 is 2.44 bits per heavy atom. The van der Waals surface area contributed by atoms with Crippen molar-refractivity contribution < 1.29 is 14.0 Å². The summed E-state index contributed by atoms with van der Waals surface area (Å²) in [4.78, 5) is 40.9. The van der Waals surface area contributed by atoms with Crippen molar-refractivity contribution in [2.45, 2.75) is 31.2 Å². The smallest absolute Gasteiger partial charge is 0.299 e. The van der Waals surface area contributed by atoms with Gasteiger partial charge in [-0.05, 0) is 49.9 Å². The fourth-order valence-corrected chi connectivity index (χ4v) is 6.74. The molecule has 8 heteroatoms. The van der Waals surface area contributed by atoms with Crippen molar-refractivity contribution in [2.75, 3.05) is 24.5 Å². The number of benzene rings is 3. The molecule has 5 aromatic rings. The Balaban J connectivity index is 1.23. The van der Waals surface area contributed by atoms with E-state index in [0.29, 0.717) is 49.6 Å². The van der Waals surface area contributed by atoms with E-state index < -0.39 is 5.54 Å². The number of amides is 2. The lowest BCUT2D eigenvalue weighted by Crippen LogP contribution is -2.65. The van der Waals surface area contributed by atoms with E-state index in [1.165, 1.54) is 0 Å². The first-order chi connectivity index (χ1) is 20.0. The predicted molar refractivity (Wildman–Crippen MR) is 158 cm³/mol. The van der Waals surface area contributed by atoms with Crippen molar-refractivity contribution in [3.8, 4) is 11.3 Å². The van der Waals surface area contributed by atoms with Gasteiger partial charge in [0.05, 0.1) is 16.8 Å². The number of carbonyl (C=O) groups is 2. The molecule has 0 aliphatic carbocycles. The van der Waals surface area contributed by atoms with Gasteiger partial charge in [0, 0.05) is 36.5 Å². The van der Waals surface area contributed by atoms with Crippen molar-refractivity contribution >= 4 is 39.8 Å². The van der Waals surface area contributed by atoms with Gasteiger partial charge in [-0.1, -0.05) is 60.7 Å². The minimum Gasteiger partial charge on any atom is -0.423 e. The number of fused-ring (bicyclic) bond motifs is 2. The molecule has 0 spiro atoms. The standard InChI is InChI=1S/C33H31N5O3/c34-31(40)33(17-8-9-18-38(33)32-36-27-14-6-7-15-29(27)41-32)23-16-19-37(21-23)30(39)25-20-28(22-10-2-1-3-11-22)35-26-13-5-4-12-24(25)26/h1-7,10-15,20,23H,8-9,16-19,21H2,(H2,34,40)/t23-,33?/m0/s1. The molecule has 0 bridgehead atoms. The summed E-state index contributed by atoms with van der Waals surface area (Å²) in [6, 6.07) is 27.5. The molecule has 2 saturated heterocycles. The fourth-order valence-electron chi connectivity index (χ4n) is 6.74. The molecule has 206 valence electrons. The number of likely N-dealkylation sites (tertiary alicyclic amines) is 1. The molecule has 8 nitrogen and oxygen atoms in total. The van der Waals surface area contributed by atoms with Gasteiger partial charge in [0.1, 0.15) is 11.1 Å². The van der Waals surface area contributed by atoms with Crippen molar-refractivity contribution in [1.29, 1.82) is 0 Å². The van der Waals surface area contributed by atoms with Crippen LogP contribution in [0.3, 0.4) is 0 Å². The highest BCUT2D eigenvalue weighted by Gasteiger charge is 2.54. The topological polar surface area (TPSA) is 106 Å². The molecule has 2 N–H and O–H groups in total. The molecule has 3 aromatic carbocycles. The van der Waals surface area contributed by atoms with Gasteiger partial charge in [0.15, 0.2) is 5.58 Å². The number of rotatable bonds is 5. The molecular weight excluding hydrogens is 514 g/mol. The number of oxazole rings is 1. The Labute approximate surface area is 237 Å². The summed E-state index contributed by atoms with van der Waals surface area (Å²) in [5, 5.41) is 0.816. The molecule has 1 unspecified atom stereocenters. The molecule has 7 rings (SSSR count). The first-order valence-electron chi connectivity index (χ1n) is 14.2. The van der Waals surface area contributed by atoms with Crippen LogP contribution in [0.5, 0.6) is 0 Å². The first-order valence-corrected chi connectivity index (χ1v) is 14.2. The maximum atomic E-state index is 14.2. The predicted octanol–water partition coefficient (Wildman–Crippen LogP) is 5.42. The number of para-hydroxylation sites is 3. The van der Waals surface area contributed by atoms with Gasteiger partial charge in [0.2, 0.25) is 5.91 Å². The Morgan fingerprint density at radius 2 is 1.63 bits per heavy atom. The monoisotopic (exact) mass is 545 g/mol. The van der Waals surface area contributed by atoms with E-state index in [1.807, 2.05) is 94.7 Å². The molecule has 4 heterocycles. The zero-order chi connectivity index (χ0) is 28.0. The van der Waals surface area contributed by atoms with E-state index in [0.717, 1.165) is 40.5 Å². The second-order valence-electron chi connectivity index (χ2n) is 11.0. The summed E-state index contributed by atoms with van der Waals surface area (Å²) < 4.78 is 6.14. The van der Waals surface area contributed by atoms with Gasteiger partial charge >= 0.3 is 0 Å². The Kier molecular flexibility index (Phi) is 6.18. The van der Waals surface area contributed by atoms with Crippen molar-refractivity contribution in [2.24, 2.45) is 11.7 Å². The van der Waals surface area contributed by atoms with Gasteiger partial charge in [-0.2, -0.15) is 4.98 Å². The molecule has 2 fully saturated rings. The van der Waals surface area contributed by atoms with Crippen LogP contribution in [0.4, 0.5) is 6.01 Å². The number of piperidine rings is 1. The Hall–Kier alpha value is -4.72. The van der Waals surface area contributed by atoms with E-state index >= 15 is 0 Å². The Morgan fingerprint density at radius 1 is 0.878 bits per heavy atom. The number of primary amides is 1. The maximum absolute atomic E-state index is 14.2. The van der Waals surface area contributed by atoms with Crippen LogP contribution in [-0.2, 0) is 4.79 Å². The highest BCUT2D eigenvalue weighted by atomic mass is 16.4. The van der Waals surface area contributed by atoms with E-state index in [9.17, 15) is 9.59 Å². The van der Waals surface area contributed by atoms with Gasteiger partial charge in [-0.15, -0.1) is 0 Å². The van der Waals surface area contributed by atoms with Crippen LogP contribution < -0.4 is 10.6 Å². The average molecular weight is 546 g/mol. The highest BCUT2D eigenvalue weighted by Crippen LogP contribution is 2.43. The van der Waals surface area contributed by atoms with Gasteiger partial charge < -0.3 is 20.0 Å². The Bertz CT molecular complexity index is 1730. The summed E-state index contributed by atoms with van der Waals surface area (Å²) in [5.74, 6) is -0.604. The second kappa shape index (κ2) is 10.0. The van der Waals surface area contributed by atoms with Crippen LogP contribution in [0.25, 0.3) is 33.3 Å². The number of hydrogen-bond acceptors (Lipinski definition) is 6. The third-order valence-corrected chi connectivity index (χ3v) is 8.78. The van der Waals surface area contributed by atoms with Crippen LogP contribution in [0.15, 0.2) is 89.3 Å². The first kappa shape index (κ1) is 25.3. The van der Waals surface area contributed by atoms with E-state index in [-0.39, 0.29) is 17.7 Å². The summed E-state index contributed by atoms with van der Waals surface area (Å²) in [6.07, 6.45) is 3.05. The van der Waals surface area contributed by atoms with Crippen molar-refractivity contribution in [3.05, 3.63) is 90.5 Å². The molecule has 0 radical (unpaired) electrons. The van der Waals surface area contributed by atoms with Crippen LogP contribution in [-0.4, -0.2) is 51.9 Å². The largest absolute Gasteiger partial charge is 0.423 e. The number of anilines is 1. The van der Waals surface area contributed by atoms with Crippen LogP contribution in [0.1, 0.15) is 36.0 Å². The van der Waals surface area contributed by atoms with E-state index in [1.54, 1.807) is 0 Å². The SMILES string of the molecule is NC(=O)C1([C@H]2CCN(C(=O)c3cc(-c4ccccc4)nc4ccccc34)C2)CCCCN1c1nc2ccccc2o1. The van der Waals surface area contributed by atoms with Gasteiger partial charge in [0.25, 0.3) is 11.9 Å². The molecule has 2 amide bonds. The lowest BCUT2D eigenvalue weighted by molar-refractivity contribution is -0.126. The third kappa shape index (κ3) is 4.22. The minimum absolute atomic E-state index is 0.0628. The molecule has 2 aromatic heterocycles. The summed E-state index contributed by atoms with van der Waals surface area (Å²) in [7, 11) is 0. The molecule has 2 aliphatic heterocycles. The average Bonchev–Trinajstić information content (AvgIpc) is 3.69. The molecule has 2 aliphatic rings. The molecule has 2 atom stereocenters. The van der Waals surface area contributed by atoms with Crippen LogP contribution in [0.2, 0.25) is 0 Å². The molecule has 0 saturated carbocycles. The summed E-state index contributed by atoms with van der Waals surface area (Å²) in [6.45, 7) is 1.59. The van der Waals surface area contributed by atoms with Crippen LogP contribution >= 0.6 is 0 Å². The maximum Gasteiger partial charge on any atom is 0.299 e. The number of nitrogens with zero attached hydrogens (tertiary/aromatic N) is 4. The zero-order valence-electron chi connectivity index (χ0n) is 22.7. The number of carbonyl (C=O) groups excluding carboxylic acids is 2. The normalized spacial score (nSPS) is 21.0. The number of hydrogen-bond donors (Lipinski definition) is 1. The molecule has 41 heavy (non-hydrogen) atoms. The minimum atomic E-state index is -0.982. The summed E-state index contributed by atoms with van der Waals surface area (Å²) in [5.41, 5.74) is 9.77. The zero-order valence-corrected chi connectivity index (χ0v) is 22.7. The second-order valence-corrected chi connectivity index (χ2v) is 11.0. The lowest BCUT2D eigenvalue weighted by atomic mass is 9.75. The van der Waals surface area contributed by atoms with Gasteiger partial charge in [-0.3, -0.25) is 9.59 Å². The number of pyridine rings is 1. The van der Waals surface area contributed by atoms with Crippen molar-refractivity contribution in [3.63, 3.8) is 0 Å². The quantitative estimate of drug-likeness (QED) is 0.316. The summed E-state index contributed by atoms with van der Waals surface area (Å²) >= 11 is 0. The lowest BCUT2D eigenvalue weighted by Gasteiger charge is -2.47. The fraction of sp³-hybridized carbons (Fsp3) is 0.273. The van der Waals surface area contributed by atoms with Crippen LogP contribution in [0, 0.1) is 5.92 Å². The van der Waals surface area contributed by atoms with Crippen molar-refractivity contribution in [1.82, 2.24) is 14.9 Å². The van der Waals surface area contributed by atoms with E-state index in [4.69, 9.17) is 20.1 Å². The van der Waals surface area contributed by atoms with Gasteiger partial charge in [-0.25, -0.2) is 4.98 Å². The van der Waals surface area contributed by atoms with E-state index in [2.05, 4.69) is 0 Å². The highest BCUT2D eigenvalue weighted by molar-refractivity contribution is 6.07. The third-order valence-electron chi connectivity index (χ3n) is 8.78. The number of aromatic nitrogens is 2.